The average molecular weight is 403 g/mol. The zero-order valence-corrected chi connectivity index (χ0v) is 15.3. The third-order valence-corrected chi connectivity index (χ3v) is 4.39. The molecule has 25 heavy (non-hydrogen) atoms. The highest BCUT2D eigenvalue weighted by Gasteiger charge is 2.15. The number of carbonyl (C=O) groups excluding carboxylic acids is 2. The highest BCUT2D eigenvalue weighted by Crippen LogP contribution is 2.25. The van der Waals surface area contributed by atoms with Crippen LogP contribution in [-0.2, 0) is 16.0 Å². The molecule has 0 fully saturated rings. The van der Waals surface area contributed by atoms with E-state index in [1.165, 1.54) is 0 Å². The summed E-state index contributed by atoms with van der Waals surface area (Å²) in [5, 5.41) is 5.73. The SMILES string of the molecule is O=C(CCCOc1cccc(Br)c1)Nc1ccc2c(c1)CCC(=O)N2. The maximum Gasteiger partial charge on any atom is 0.224 e. The van der Waals surface area contributed by atoms with E-state index in [-0.39, 0.29) is 11.8 Å². The normalized spacial score (nSPS) is 12.9. The Morgan fingerprint density at radius 2 is 2.08 bits per heavy atom. The van der Waals surface area contributed by atoms with E-state index < -0.39 is 0 Å². The molecule has 130 valence electrons. The summed E-state index contributed by atoms with van der Waals surface area (Å²) in [5.74, 6) is 0.777. The Balaban J connectivity index is 1.44. The smallest absolute Gasteiger partial charge is 0.224 e. The van der Waals surface area contributed by atoms with Crippen molar-refractivity contribution >= 4 is 39.1 Å². The van der Waals surface area contributed by atoms with Gasteiger partial charge in [-0.05, 0) is 54.8 Å². The van der Waals surface area contributed by atoms with Gasteiger partial charge in [-0.15, -0.1) is 0 Å². The first kappa shape index (κ1) is 17.5. The van der Waals surface area contributed by atoms with E-state index in [0.717, 1.165) is 27.2 Å². The number of carbonyl (C=O) groups is 2. The summed E-state index contributed by atoms with van der Waals surface area (Å²) >= 11 is 3.39. The number of hydrogen-bond donors (Lipinski definition) is 2. The average Bonchev–Trinajstić information content (AvgIpc) is 2.59. The lowest BCUT2D eigenvalue weighted by atomic mass is 10.0. The van der Waals surface area contributed by atoms with E-state index >= 15 is 0 Å². The Hall–Kier alpha value is -2.34. The second-order valence-electron chi connectivity index (χ2n) is 5.88. The number of benzene rings is 2. The van der Waals surface area contributed by atoms with Gasteiger partial charge in [0.1, 0.15) is 5.75 Å². The minimum Gasteiger partial charge on any atom is -0.494 e. The van der Waals surface area contributed by atoms with Crippen molar-refractivity contribution in [2.45, 2.75) is 25.7 Å². The number of hydrogen-bond acceptors (Lipinski definition) is 3. The number of ether oxygens (including phenoxy) is 1. The third kappa shape index (κ3) is 5.06. The summed E-state index contributed by atoms with van der Waals surface area (Å²) in [5.41, 5.74) is 2.64. The van der Waals surface area contributed by atoms with E-state index in [0.29, 0.717) is 32.3 Å². The minimum absolute atomic E-state index is 0.0368. The molecule has 0 bridgehead atoms. The monoisotopic (exact) mass is 402 g/mol. The van der Waals surface area contributed by atoms with Crippen LogP contribution in [0.2, 0.25) is 0 Å². The first-order chi connectivity index (χ1) is 12.1. The van der Waals surface area contributed by atoms with Crippen LogP contribution in [0.15, 0.2) is 46.9 Å². The highest BCUT2D eigenvalue weighted by molar-refractivity contribution is 9.10. The van der Waals surface area contributed by atoms with Gasteiger partial charge in [-0.3, -0.25) is 9.59 Å². The van der Waals surface area contributed by atoms with Crippen LogP contribution in [-0.4, -0.2) is 18.4 Å². The third-order valence-electron chi connectivity index (χ3n) is 3.90. The molecule has 0 unspecified atom stereocenters. The molecule has 0 spiro atoms. The summed E-state index contributed by atoms with van der Waals surface area (Å²) in [6.45, 7) is 0.486. The molecule has 0 radical (unpaired) electrons. The number of fused-ring (bicyclic) bond motifs is 1. The van der Waals surface area contributed by atoms with Gasteiger partial charge in [0.25, 0.3) is 0 Å². The molecular weight excluding hydrogens is 384 g/mol. The van der Waals surface area contributed by atoms with Crippen molar-refractivity contribution in [2.75, 3.05) is 17.2 Å². The molecule has 1 aliphatic heterocycles. The molecule has 0 aromatic heterocycles. The quantitative estimate of drug-likeness (QED) is 0.713. The van der Waals surface area contributed by atoms with Crippen molar-refractivity contribution in [3.63, 3.8) is 0 Å². The predicted octanol–water partition coefficient (Wildman–Crippen LogP) is 4.13. The fraction of sp³-hybridized carbons (Fsp3) is 0.263. The Morgan fingerprint density at radius 1 is 1.20 bits per heavy atom. The number of rotatable bonds is 6. The van der Waals surface area contributed by atoms with Gasteiger partial charge in [0.05, 0.1) is 6.61 Å². The Bertz CT molecular complexity index is 792. The van der Waals surface area contributed by atoms with Gasteiger partial charge in [-0.1, -0.05) is 22.0 Å². The number of halogens is 1. The Labute approximate surface area is 154 Å². The van der Waals surface area contributed by atoms with Gasteiger partial charge < -0.3 is 15.4 Å². The van der Waals surface area contributed by atoms with E-state index in [1.807, 2.05) is 36.4 Å². The molecule has 3 rings (SSSR count). The van der Waals surface area contributed by atoms with Gasteiger partial charge >= 0.3 is 0 Å². The maximum atomic E-state index is 12.1. The summed E-state index contributed by atoms with van der Waals surface area (Å²) < 4.78 is 6.59. The summed E-state index contributed by atoms with van der Waals surface area (Å²) in [4.78, 5) is 23.4. The van der Waals surface area contributed by atoms with E-state index in [2.05, 4.69) is 26.6 Å². The molecule has 1 aliphatic rings. The summed E-state index contributed by atoms with van der Waals surface area (Å²) in [6, 6.07) is 13.2. The van der Waals surface area contributed by atoms with Crippen LogP contribution >= 0.6 is 15.9 Å². The van der Waals surface area contributed by atoms with Crippen LogP contribution in [0.4, 0.5) is 11.4 Å². The standard InChI is InChI=1S/C19H19BrN2O3/c20-14-3-1-4-16(12-14)25-10-2-5-18(23)21-15-7-8-17-13(11-15)6-9-19(24)22-17/h1,3-4,7-8,11-12H,2,5-6,9-10H2,(H,21,23)(H,22,24). The topological polar surface area (TPSA) is 67.4 Å². The second kappa shape index (κ2) is 8.16. The zero-order valence-electron chi connectivity index (χ0n) is 13.7. The van der Waals surface area contributed by atoms with Crippen molar-refractivity contribution in [1.29, 1.82) is 0 Å². The van der Waals surface area contributed by atoms with Gasteiger partial charge in [-0.25, -0.2) is 0 Å². The van der Waals surface area contributed by atoms with Crippen LogP contribution in [0.3, 0.4) is 0 Å². The minimum atomic E-state index is -0.0439. The molecule has 5 nitrogen and oxygen atoms in total. The first-order valence-electron chi connectivity index (χ1n) is 8.21. The molecule has 1 heterocycles. The first-order valence-corrected chi connectivity index (χ1v) is 9.00. The highest BCUT2D eigenvalue weighted by atomic mass is 79.9. The van der Waals surface area contributed by atoms with Gasteiger partial charge in [-0.2, -0.15) is 0 Å². The molecule has 2 amide bonds. The second-order valence-corrected chi connectivity index (χ2v) is 6.79. The molecule has 2 aromatic rings. The largest absolute Gasteiger partial charge is 0.494 e. The predicted molar refractivity (Wildman–Crippen MR) is 101 cm³/mol. The van der Waals surface area contributed by atoms with Crippen LogP contribution in [0.25, 0.3) is 0 Å². The van der Waals surface area contributed by atoms with Crippen molar-refractivity contribution in [1.82, 2.24) is 0 Å². The van der Waals surface area contributed by atoms with E-state index in [4.69, 9.17) is 4.74 Å². The van der Waals surface area contributed by atoms with Crippen LogP contribution in [0.5, 0.6) is 5.75 Å². The molecule has 2 aromatic carbocycles. The molecule has 0 aliphatic carbocycles. The van der Waals surface area contributed by atoms with Crippen molar-refractivity contribution < 1.29 is 14.3 Å². The van der Waals surface area contributed by atoms with Crippen molar-refractivity contribution in [3.05, 3.63) is 52.5 Å². The lowest BCUT2D eigenvalue weighted by Crippen LogP contribution is -2.19. The molecule has 0 saturated carbocycles. The maximum absolute atomic E-state index is 12.1. The van der Waals surface area contributed by atoms with Crippen LogP contribution < -0.4 is 15.4 Å². The number of aryl methyl sites for hydroxylation is 1. The summed E-state index contributed by atoms with van der Waals surface area (Å²) in [7, 11) is 0. The lowest BCUT2D eigenvalue weighted by Gasteiger charge is -2.17. The van der Waals surface area contributed by atoms with Crippen LogP contribution in [0.1, 0.15) is 24.8 Å². The molecule has 6 heteroatoms. The Kier molecular flexibility index (Phi) is 5.71. The van der Waals surface area contributed by atoms with Gasteiger partial charge in [0, 0.05) is 28.7 Å². The Morgan fingerprint density at radius 3 is 2.92 bits per heavy atom. The van der Waals surface area contributed by atoms with Gasteiger partial charge in [0.15, 0.2) is 0 Å². The summed E-state index contributed by atoms with van der Waals surface area (Å²) in [6.07, 6.45) is 2.21. The number of anilines is 2. The van der Waals surface area contributed by atoms with E-state index in [1.54, 1.807) is 6.07 Å². The molecule has 0 saturated heterocycles. The molecule has 0 atom stereocenters. The zero-order chi connectivity index (χ0) is 17.6. The van der Waals surface area contributed by atoms with Crippen molar-refractivity contribution in [2.24, 2.45) is 0 Å². The van der Waals surface area contributed by atoms with Crippen molar-refractivity contribution in [3.8, 4) is 5.75 Å². The lowest BCUT2D eigenvalue weighted by molar-refractivity contribution is -0.117. The number of amides is 2. The fourth-order valence-corrected chi connectivity index (χ4v) is 3.04. The van der Waals surface area contributed by atoms with Crippen LogP contribution in [0, 0.1) is 0 Å². The van der Waals surface area contributed by atoms with E-state index in [9.17, 15) is 9.59 Å². The molecular formula is C19H19BrN2O3. The molecule has 2 N–H and O–H groups in total. The number of nitrogens with one attached hydrogen (secondary N) is 2. The fourth-order valence-electron chi connectivity index (χ4n) is 2.66. The van der Waals surface area contributed by atoms with Gasteiger partial charge in [0.2, 0.25) is 11.8 Å².